The minimum absolute atomic E-state index is 0.00101. The van der Waals surface area contributed by atoms with Crippen LogP contribution in [0.4, 0.5) is 26.3 Å². The smallest absolute Gasteiger partial charge is 0.418 e. The second-order valence-corrected chi connectivity index (χ2v) is 15.0. The summed E-state index contributed by atoms with van der Waals surface area (Å²) in [6, 6.07) is 4.42. The summed E-state index contributed by atoms with van der Waals surface area (Å²) in [6.45, 7) is 1.76. The summed E-state index contributed by atoms with van der Waals surface area (Å²) >= 11 is 0. The van der Waals surface area contributed by atoms with Gasteiger partial charge in [0.25, 0.3) is 11.8 Å². The number of allylic oxidation sites excluding steroid dienone is 2. The third kappa shape index (κ3) is 8.40. The monoisotopic (exact) mass is 793 g/mol. The minimum atomic E-state index is -4.91. The summed E-state index contributed by atoms with van der Waals surface area (Å²) in [5, 5.41) is 21.5. The van der Waals surface area contributed by atoms with Crippen molar-refractivity contribution >= 4 is 17.8 Å². The summed E-state index contributed by atoms with van der Waals surface area (Å²) in [7, 11) is 0. The van der Waals surface area contributed by atoms with Gasteiger partial charge in [-0.2, -0.15) is 26.3 Å². The standard InChI is InChI=1S/C40H45F6N3O7/c1-2-7-32-38(56-27-15-12-26(13-16-27)39(41,42)43,17-6-21-49(32)34(50)33-30(40(44,45)46)9-5-20-47-33)36(53)48-22-18-37(54,19-23-48)29-8-3-4-10-31(29)55-28-14-11-25(24-28)35(51)52/h5,8-10,12-13,15-16,20,25,28,32,54H,2-4,6-7,11,14,17-19,21-24H2,1H3,(H,51,52). The summed E-state index contributed by atoms with van der Waals surface area (Å²) in [6.07, 6.45) is -1.66. The Bertz CT molecular complexity index is 1840. The molecule has 2 aliphatic carbocycles. The third-order valence-electron chi connectivity index (χ3n) is 11.4. The molecule has 304 valence electrons. The van der Waals surface area contributed by atoms with E-state index in [4.69, 9.17) is 9.47 Å². The van der Waals surface area contributed by atoms with Crippen LogP contribution in [0, 0.1) is 5.92 Å². The Balaban J connectivity index is 1.30. The molecule has 3 heterocycles. The van der Waals surface area contributed by atoms with Crippen molar-refractivity contribution in [1.29, 1.82) is 0 Å². The van der Waals surface area contributed by atoms with Gasteiger partial charge in [-0.15, -0.1) is 0 Å². The molecular weight excluding hydrogens is 748 g/mol. The SMILES string of the molecule is CCCC1N(C(=O)c2ncccc2C(F)(F)F)CCCC1(Oc1ccc(C(F)(F)F)cc1)C(=O)N1CCC(O)(C2=CCCC=C2OC2CCC(C(=O)O)C2)CC1. The molecule has 2 aliphatic heterocycles. The lowest BCUT2D eigenvalue weighted by Crippen LogP contribution is -2.69. The lowest BCUT2D eigenvalue weighted by atomic mass is 9.77. The number of carbonyl (C=O) groups is 3. The summed E-state index contributed by atoms with van der Waals surface area (Å²) in [5.74, 6) is -2.67. The number of aliphatic carboxylic acids is 1. The molecule has 0 bridgehead atoms. The van der Waals surface area contributed by atoms with Gasteiger partial charge < -0.3 is 29.5 Å². The number of nitrogens with zero attached hydrogens (tertiary/aromatic N) is 3. The topological polar surface area (TPSA) is 130 Å². The first kappa shape index (κ1) is 41.0. The number of rotatable bonds is 10. The second kappa shape index (κ2) is 16.1. The predicted octanol–water partition coefficient (Wildman–Crippen LogP) is 7.57. The lowest BCUT2D eigenvalue weighted by molar-refractivity contribution is -0.162. The van der Waals surface area contributed by atoms with E-state index in [2.05, 4.69) is 4.98 Å². The molecule has 2 amide bonds. The van der Waals surface area contributed by atoms with Crippen molar-refractivity contribution in [3.05, 3.63) is 82.9 Å². The number of benzene rings is 1. The summed E-state index contributed by atoms with van der Waals surface area (Å²) < 4.78 is 95.4. The Kier molecular flexibility index (Phi) is 11.8. The molecule has 56 heavy (non-hydrogen) atoms. The summed E-state index contributed by atoms with van der Waals surface area (Å²) in [4.78, 5) is 47.1. The minimum Gasteiger partial charge on any atom is -0.490 e. The number of halogens is 6. The van der Waals surface area contributed by atoms with Crippen LogP contribution in [0.1, 0.15) is 99.2 Å². The van der Waals surface area contributed by atoms with E-state index in [0.717, 1.165) is 42.6 Å². The number of pyridine rings is 1. The average molecular weight is 794 g/mol. The van der Waals surface area contributed by atoms with Gasteiger partial charge in [-0.05, 0) is 100 Å². The molecule has 6 rings (SSSR count). The van der Waals surface area contributed by atoms with Crippen molar-refractivity contribution < 1.29 is 60.4 Å². The van der Waals surface area contributed by atoms with Gasteiger partial charge in [0, 0.05) is 37.8 Å². The highest BCUT2D eigenvalue weighted by atomic mass is 19.4. The molecule has 2 saturated heterocycles. The van der Waals surface area contributed by atoms with Crippen molar-refractivity contribution in [3.8, 4) is 5.75 Å². The molecular formula is C40H45F6N3O7. The van der Waals surface area contributed by atoms with E-state index in [0.29, 0.717) is 49.9 Å². The van der Waals surface area contributed by atoms with Gasteiger partial charge in [-0.3, -0.25) is 19.4 Å². The predicted molar refractivity (Wildman–Crippen MR) is 189 cm³/mol. The molecule has 4 atom stereocenters. The number of piperidine rings is 2. The van der Waals surface area contributed by atoms with Crippen LogP contribution in [0.15, 0.2) is 66.1 Å². The molecule has 1 saturated carbocycles. The van der Waals surface area contributed by atoms with Crippen molar-refractivity contribution in [3.63, 3.8) is 0 Å². The van der Waals surface area contributed by atoms with Crippen LogP contribution in [0.5, 0.6) is 5.75 Å². The Hall–Kier alpha value is -4.60. The number of carboxylic acids is 1. The summed E-state index contributed by atoms with van der Waals surface area (Å²) in [5.41, 5.74) is -5.83. The number of likely N-dealkylation sites (tertiary alicyclic amines) is 2. The van der Waals surface area contributed by atoms with Crippen molar-refractivity contribution in [2.24, 2.45) is 5.92 Å². The van der Waals surface area contributed by atoms with E-state index >= 15 is 0 Å². The van der Waals surface area contributed by atoms with Gasteiger partial charge in [-0.25, -0.2) is 0 Å². The molecule has 0 spiro atoms. The number of aliphatic hydroxyl groups is 1. The fourth-order valence-electron chi connectivity index (χ4n) is 8.52. The molecule has 1 aromatic heterocycles. The first-order valence-corrected chi connectivity index (χ1v) is 19.0. The van der Waals surface area contributed by atoms with E-state index in [9.17, 15) is 50.9 Å². The van der Waals surface area contributed by atoms with E-state index in [1.165, 1.54) is 9.80 Å². The molecule has 4 unspecified atom stereocenters. The fraction of sp³-hybridized carbons (Fsp3) is 0.550. The largest absolute Gasteiger partial charge is 0.490 e. The first-order valence-electron chi connectivity index (χ1n) is 19.0. The van der Waals surface area contributed by atoms with E-state index in [-0.39, 0.29) is 63.6 Å². The Labute approximate surface area is 320 Å². The number of alkyl halides is 6. The molecule has 2 aromatic rings. The van der Waals surface area contributed by atoms with Crippen molar-refractivity contribution in [2.45, 2.75) is 113 Å². The molecule has 1 aromatic carbocycles. The number of carboxylic acid groups (broad SMARTS) is 1. The maximum atomic E-state index is 15.0. The zero-order valence-corrected chi connectivity index (χ0v) is 30.9. The lowest BCUT2D eigenvalue weighted by Gasteiger charge is -2.51. The quantitative estimate of drug-likeness (QED) is 0.236. The van der Waals surface area contributed by atoms with Gasteiger partial charge in [0.15, 0.2) is 0 Å². The maximum absolute atomic E-state index is 15.0. The number of hydrogen-bond donors (Lipinski definition) is 2. The number of aromatic nitrogens is 1. The first-order chi connectivity index (χ1) is 26.5. The van der Waals surface area contributed by atoms with Crippen LogP contribution in [0.3, 0.4) is 0 Å². The Morgan fingerprint density at radius 2 is 1.62 bits per heavy atom. The van der Waals surface area contributed by atoms with Crippen LogP contribution < -0.4 is 4.74 Å². The number of ether oxygens (including phenoxy) is 2. The molecule has 2 N–H and O–H groups in total. The fourth-order valence-corrected chi connectivity index (χ4v) is 8.52. The number of amides is 2. The van der Waals surface area contributed by atoms with Gasteiger partial charge >= 0.3 is 18.3 Å². The van der Waals surface area contributed by atoms with Gasteiger partial charge in [0.2, 0.25) is 5.60 Å². The van der Waals surface area contributed by atoms with E-state index in [1.54, 1.807) is 6.92 Å². The number of hydrogen-bond acceptors (Lipinski definition) is 7. The van der Waals surface area contributed by atoms with Gasteiger partial charge in [-0.1, -0.05) is 19.4 Å². The molecule has 3 fully saturated rings. The van der Waals surface area contributed by atoms with E-state index in [1.807, 2.05) is 12.2 Å². The second-order valence-electron chi connectivity index (χ2n) is 15.0. The van der Waals surface area contributed by atoms with E-state index < -0.39 is 70.1 Å². The Morgan fingerprint density at radius 1 is 0.929 bits per heavy atom. The highest BCUT2D eigenvalue weighted by molar-refractivity contribution is 5.96. The molecule has 10 nitrogen and oxygen atoms in total. The Morgan fingerprint density at radius 3 is 2.25 bits per heavy atom. The zero-order chi connectivity index (χ0) is 40.5. The molecule has 4 aliphatic rings. The van der Waals surface area contributed by atoms with Crippen LogP contribution in [0.25, 0.3) is 0 Å². The van der Waals surface area contributed by atoms with Gasteiger partial charge in [0.1, 0.15) is 17.2 Å². The molecule has 0 radical (unpaired) electrons. The normalized spacial score (nSPS) is 25.6. The van der Waals surface area contributed by atoms with Crippen molar-refractivity contribution in [1.82, 2.24) is 14.8 Å². The zero-order valence-electron chi connectivity index (χ0n) is 30.9. The van der Waals surface area contributed by atoms with Crippen LogP contribution in [0.2, 0.25) is 0 Å². The van der Waals surface area contributed by atoms with Crippen LogP contribution >= 0.6 is 0 Å². The van der Waals surface area contributed by atoms with Crippen LogP contribution in [-0.4, -0.2) is 85.8 Å². The number of carbonyl (C=O) groups excluding carboxylic acids is 2. The highest BCUT2D eigenvalue weighted by Gasteiger charge is 2.57. The van der Waals surface area contributed by atoms with Gasteiger partial charge in [0.05, 0.1) is 34.8 Å². The average Bonchev–Trinajstić information content (AvgIpc) is 3.64. The maximum Gasteiger partial charge on any atom is 0.418 e. The van der Waals surface area contributed by atoms with Crippen LogP contribution in [-0.2, 0) is 26.7 Å². The van der Waals surface area contributed by atoms with Crippen molar-refractivity contribution in [2.75, 3.05) is 19.6 Å². The highest BCUT2D eigenvalue weighted by Crippen LogP contribution is 2.43. The molecule has 16 heteroatoms. The third-order valence-corrected chi connectivity index (χ3v) is 11.4.